The van der Waals surface area contributed by atoms with Crippen LogP contribution in [-0.2, 0) is 14.3 Å². The summed E-state index contributed by atoms with van der Waals surface area (Å²) in [6.45, 7) is 4.13. The minimum absolute atomic E-state index is 0.0490. The van der Waals surface area contributed by atoms with E-state index < -0.39 is 23.5 Å². The van der Waals surface area contributed by atoms with Crippen molar-refractivity contribution >= 4 is 17.4 Å². The lowest BCUT2D eigenvalue weighted by atomic mass is 9.95. The van der Waals surface area contributed by atoms with E-state index in [1.54, 1.807) is 24.3 Å². The first-order valence-corrected chi connectivity index (χ1v) is 11.3. The summed E-state index contributed by atoms with van der Waals surface area (Å²) in [7, 11) is 0. The molecule has 1 fully saturated rings. The molecule has 1 saturated heterocycles. The van der Waals surface area contributed by atoms with E-state index >= 15 is 0 Å². The lowest BCUT2D eigenvalue weighted by Crippen LogP contribution is -2.33. The third-order valence-corrected chi connectivity index (χ3v) is 5.59. The van der Waals surface area contributed by atoms with E-state index in [9.17, 15) is 19.1 Å². The van der Waals surface area contributed by atoms with Crippen LogP contribution in [0.3, 0.4) is 0 Å². The molecule has 1 aliphatic rings. The van der Waals surface area contributed by atoms with Gasteiger partial charge in [0.2, 0.25) is 0 Å². The van der Waals surface area contributed by atoms with Gasteiger partial charge in [0.15, 0.2) is 0 Å². The van der Waals surface area contributed by atoms with Gasteiger partial charge in [-0.2, -0.15) is 0 Å². The third-order valence-electron chi connectivity index (χ3n) is 5.59. The summed E-state index contributed by atoms with van der Waals surface area (Å²) in [6, 6.07) is 20.5. The molecule has 1 N–H and O–H groups in total. The van der Waals surface area contributed by atoms with Gasteiger partial charge in [-0.15, -0.1) is 0 Å². The topological polar surface area (TPSA) is 76.1 Å². The maximum absolute atomic E-state index is 13.4. The molecule has 6 nitrogen and oxygen atoms in total. The summed E-state index contributed by atoms with van der Waals surface area (Å²) < 4.78 is 25.0. The first-order valence-electron chi connectivity index (χ1n) is 11.3. The van der Waals surface area contributed by atoms with Gasteiger partial charge in [-0.1, -0.05) is 30.3 Å². The number of likely N-dealkylation sites (tertiary alicyclic amines) is 1. The summed E-state index contributed by atoms with van der Waals surface area (Å²) >= 11 is 0. The molecule has 1 heterocycles. The highest BCUT2D eigenvalue weighted by molar-refractivity contribution is 6.46. The van der Waals surface area contributed by atoms with E-state index in [0.717, 1.165) is 0 Å². The molecule has 3 aromatic carbocycles. The van der Waals surface area contributed by atoms with Crippen LogP contribution in [0.4, 0.5) is 4.39 Å². The maximum Gasteiger partial charge on any atom is 0.295 e. The summed E-state index contributed by atoms with van der Waals surface area (Å²) in [4.78, 5) is 27.5. The second-order valence-electron chi connectivity index (χ2n) is 8.41. The maximum atomic E-state index is 13.4. The van der Waals surface area contributed by atoms with Gasteiger partial charge >= 0.3 is 0 Å². The third kappa shape index (κ3) is 5.41. The van der Waals surface area contributed by atoms with Gasteiger partial charge in [-0.05, 0) is 67.9 Å². The van der Waals surface area contributed by atoms with Crippen LogP contribution in [0.25, 0.3) is 5.76 Å². The Bertz CT molecular complexity index is 1240. The van der Waals surface area contributed by atoms with Gasteiger partial charge in [0.1, 0.15) is 23.1 Å². The lowest BCUT2D eigenvalue weighted by Gasteiger charge is -2.26. The standard InChI is InChI=1S/C28H26FNO5/c1-18(2)34-16-15-30-25(20-7-6-10-23(17-20)35-22-8-4-3-5-9-22)24(27(32)28(30)33)26(31)19-11-13-21(29)14-12-19/h3-14,17-18,25,31H,15-16H2,1-2H3/b26-24-. The van der Waals surface area contributed by atoms with E-state index in [-0.39, 0.29) is 36.2 Å². The van der Waals surface area contributed by atoms with Crippen molar-refractivity contribution in [1.29, 1.82) is 0 Å². The average Bonchev–Trinajstić information content (AvgIpc) is 3.10. The number of carbonyl (C=O) groups is 2. The Balaban J connectivity index is 1.77. The molecule has 35 heavy (non-hydrogen) atoms. The van der Waals surface area contributed by atoms with Crippen LogP contribution < -0.4 is 4.74 Å². The van der Waals surface area contributed by atoms with Crippen LogP contribution in [0.1, 0.15) is 31.0 Å². The highest BCUT2D eigenvalue weighted by Crippen LogP contribution is 2.40. The van der Waals surface area contributed by atoms with Crippen LogP contribution in [-0.4, -0.2) is 41.0 Å². The molecule has 1 aliphatic heterocycles. The molecule has 7 heteroatoms. The number of nitrogens with zero attached hydrogens (tertiary/aromatic N) is 1. The number of hydrogen-bond donors (Lipinski definition) is 1. The van der Waals surface area contributed by atoms with E-state index in [0.29, 0.717) is 17.1 Å². The Morgan fingerprint density at radius 2 is 1.66 bits per heavy atom. The molecular formula is C28H26FNO5. The minimum atomic E-state index is -0.866. The van der Waals surface area contributed by atoms with Crippen LogP contribution in [0, 0.1) is 5.82 Å². The molecule has 0 radical (unpaired) electrons. The number of benzene rings is 3. The number of hydrogen-bond acceptors (Lipinski definition) is 5. The second-order valence-corrected chi connectivity index (χ2v) is 8.41. The van der Waals surface area contributed by atoms with Gasteiger partial charge in [0, 0.05) is 12.1 Å². The lowest BCUT2D eigenvalue weighted by molar-refractivity contribution is -0.140. The van der Waals surface area contributed by atoms with Crippen molar-refractivity contribution in [3.05, 3.63) is 101 Å². The SMILES string of the molecule is CC(C)OCCN1C(=O)C(=O)/C(=C(\O)c2ccc(F)cc2)C1c1cccc(Oc2ccccc2)c1. The zero-order chi connectivity index (χ0) is 24.9. The Morgan fingerprint density at radius 3 is 2.34 bits per heavy atom. The fourth-order valence-electron chi connectivity index (χ4n) is 3.98. The second kappa shape index (κ2) is 10.5. The first-order chi connectivity index (χ1) is 16.8. The highest BCUT2D eigenvalue weighted by Gasteiger charge is 2.46. The number of rotatable bonds is 8. The number of Topliss-reactive ketones (excluding diaryl/α,β-unsaturated/α-hetero) is 1. The van der Waals surface area contributed by atoms with Crippen molar-refractivity contribution < 1.29 is 28.6 Å². The number of carbonyl (C=O) groups excluding carboxylic acids is 2. The fourth-order valence-corrected chi connectivity index (χ4v) is 3.98. The quantitative estimate of drug-likeness (QED) is 0.266. The summed E-state index contributed by atoms with van der Waals surface area (Å²) in [5, 5.41) is 11.1. The monoisotopic (exact) mass is 475 g/mol. The van der Waals surface area contributed by atoms with Gasteiger partial charge in [0.25, 0.3) is 11.7 Å². The van der Waals surface area contributed by atoms with Crippen LogP contribution in [0.2, 0.25) is 0 Å². The Labute approximate surface area is 203 Å². The van der Waals surface area contributed by atoms with E-state index in [1.165, 1.54) is 29.2 Å². The number of aliphatic hydroxyl groups excluding tert-OH is 1. The molecule has 1 atom stereocenters. The summed E-state index contributed by atoms with van der Waals surface area (Å²) in [6.07, 6.45) is -0.0490. The van der Waals surface area contributed by atoms with Gasteiger partial charge in [-0.3, -0.25) is 9.59 Å². The van der Waals surface area contributed by atoms with E-state index in [4.69, 9.17) is 9.47 Å². The predicted molar refractivity (Wildman–Crippen MR) is 129 cm³/mol. The molecule has 0 aliphatic carbocycles. The number of amides is 1. The van der Waals surface area contributed by atoms with Gasteiger partial charge in [0.05, 0.1) is 24.3 Å². The molecule has 0 bridgehead atoms. The molecule has 3 aromatic rings. The van der Waals surface area contributed by atoms with Crippen molar-refractivity contribution in [2.24, 2.45) is 0 Å². The number of ketones is 1. The number of aliphatic hydroxyl groups is 1. The largest absolute Gasteiger partial charge is 0.507 e. The molecule has 180 valence electrons. The fraction of sp³-hybridized carbons (Fsp3) is 0.214. The van der Waals surface area contributed by atoms with Crippen LogP contribution in [0.5, 0.6) is 11.5 Å². The molecule has 4 rings (SSSR count). The van der Waals surface area contributed by atoms with Crippen molar-refractivity contribution in [3.8, 4) is 11.5 Å². The van der Waals surface area contributed by atoms with Crippen molar-refractivity contribution in [2.45, 2.75) is 26.0 Å². The smallest absolute Gasteiger partial charge is 0.295 e. The number of para-hydroxylation sites is 1. The van der Waals surface area contributed by atoms with Crippen molar-refractivity contribution in [3.63, 3.8) is 0 Å². The first kappa shape index (κ1) is 24.2. The van der Waals surface area contributed by atoms with Gasteiger partial charge in [-0.25, -0.2) is 4.39 Å². The predicted octanol–water partition coefficient (Wildman–Crippen LogP) is 5.46. The van der Waals surface area contributed by atoms with Crippen molar-refractivity contribution in [1.82, 2.24) is 4.90 Å². The molecular weight excluding hydrogens is 449 g/mol. The van der Waals surface area contributed by atoms with Crippen LogP contribution in [0.15, 0.2) is 84.4 Å². The molecule has 0 aromatic heterocycles. The summed E-state index contributed by atoms with van der Waals surface area (Å²) in [5.41, 5.74) is 0.762. The Kier molecular flexibility index (Phi) is 7.27. The zero-order valence-electron chi connectivity index (χ0n) is 19.5. The van der Waals surface area contributed by atoms with Gasteiger partial charge < -0.3 is 19.5 Å². The Hall–Kier alpha value is -3.97. The Morgan fingerprint density at radius 1 is 0.971 bits per heavy atom. The molecule has 1 unspecified atom stereocenters. The molecule has 0 saturated carbocycles. The minimum Gasteiger partial charge on any atom is -0.507 e. The van der Waals surface area contributed by atoms with E-state index in [1.807, 2.05) is 44.2 Å². The molecule has 0 spiro atoms. The average molecular weight is 476 g/mol. The highest BCUT2D eigenvalue weighted by atomic mass is 19.1. The summed E-state index contributed by atoms with van der Waals surface area (Å²) in [5.74, 6) is -1.24. The van der Waals surface area contributed by atoms with Crippen molar-refractivity contribution in [2.75, 3.05) is 13.2 Å². The molecule has 1 amide bonds. The normalized spacial score (nSPS) is 17.3. The number of halogens is 1. The number of ether oxygens (including phenoxy) is 2. The zero-order valence-corrected chi connectivity index (χ0v) is 19.5. The van der Waals surface area contributed by atoms with E-state index in [2.05, 4.69) is 0 Å². The van der Waals surface area contributed by atoms with Crippen LogP contribution >= 0.6 is 0 Å².